The SMILES string of the molecule is Cc1cnc(C2CNC(=O)O2)[nH]1. The van der Waals surface area contributed by atoms with Gasteiger partial charge in [0.1, 0.15) is 5.82 Å². The molecule has 1 aromatic rings. The van der Waals surface area contributed by atoms with Gasteiger partial charge < -0.3 is 15.0 Å². The molecule has 1 unspecified atom stereocenters. The van der Waals surface area contributed by atoms with Crippen LogP contribution in [0.5, 0.6) is 0 Å². The van der Waals surface area contributed by atoms with Crippen molar-refractivity contribution < 1.29 is 9.53 Å². The molecule has 0 spiro atoms. The first kappa shape index (κ1) is 7.15. The lowest BCUT2D eigenvalue weighted by Crippen LogP contribution is -2.12. The highest BCUT2D eigenvalue weighted by atomic mass is 16.6. The van der Waals surface area contributed by atoms with Gasteiger partial charge in [-0.25, -0.2) is 9.78 Å². The molecule has 0 radical (unpaired) electrons. The van der Waals surface area contributed by atoms with Crippen molar-refractivity contribution in [3.8, 4) is 0 Å². The number of carbonyl (C=O) groups is 1. The van der Waals surface area contributed by atoms with Crippen molar-refractivity contribution in [1.82, 2.24) is 15.3 Å². The minimum atomic E-state index is -0.381. The van der Waals surface area contributed by atoms with Gasteiger partial charge in [0.2, 0.25) is 0 Å². The van der Waals surface area contributed by atoms with E-state index in [2.05, 4.69) is 15.3 Å². The second kappa shape index (κ2) is 2.51. The van der Waals surface area contributed by atoms with Crippen LogP contribution in [-0.4, -0.2) is 22.6 Å². The van der Waals surface area contributed by atoms with Gasteiger partial charge in [-0.15, -0.1) is 0 Å². The van der Waals surface area contributed by atoms with Gasteiger partial charge in [0.15, 0.2) is 6.10 Å². The van der Waals surface area contributed by atoms with Crippen LogP contribution in [0.4, 0.5) is 4.79 Å². The Morgan fingerprint density at radius 2 is 2.58 bits per heavy atom. The third-order valence-electron chi connectivity index (χ3n) is 1.71. The quantitative estimate of drug-likeness (QED) is 0.640. The Morgan fingerprint density at radius 3 is 3.08 bits per heavy atom. The molecule has 1 aromatic heterocycles. The van der Waals surface area contributed by atoms with Gasteiger partial charge in [0, 0.05) is 11.9 Å². The highest BCUT2D eigenvalue weighted by molar-refractivity contribution is 5.69. The zero-order valence-corrected chi connectivity index (χ0v) is 6.63. The van der Waals surface area contributed by atoms with Crippen molar-refractivity contribution in [2.24, 2.45) is 0 Å². The molecule has 2 heterocycles. The molecule has 1 aliphatic heterocycles. The molecular formula is C7H9N3O2. The van der Waals surface area contributed by atoms with Crippen molar-refractivity contribution in [2.45, 2.75) is 13.0 Å². The number of aromatic amines is 1. The number of nitrogens with zero attached hydrogens (tertiary/aromatic N) is 1. The van der Waals surface area contributed by atoms with Crippen LogP contribution >= 0.6 is 0 Å². The predicted octanol–water partition coefficient (Wildman–Crippen LogP) is 0.499. The van der Waals surface area contributed by atoms with E-state index in [-0.39, 0.29) is 12.2 Å². The molecular weight excluding hydrogens is 158 g/mol. The second-order valence-corrected chi connectivity index (χ2v) is 2.73. The molecule has 1 aliphatic rings. The van der Waals surface area contributed by atoms with E-state index in [1.54, 1.807) is 6.20 Å². The first-order valence-electron chi connectivity index (χ1n) is 3.71. The average Bonchev–Trinajstić information content (AvgIpc) is 2.58. The van der Waals surface area contributed by atoms with Gasteiger partial charge in [-0.05, 0) is 6.92 Å². The zero-order valence-electron chi connectivity index (χ0n) is 6.63. The number of carbonyl (C=O) groups excluding carboxylic acids is 1. The van der Waals surface area contributed by atoms with Crippen molar-refractivity contribution in [3.05, 3.63) is 17.7 Å². The number of rotatable bonds is 1. The molecule has 0 bridgehead atoms. The summed E-state index contributed by atoms with van der Waals surface area (Å²) in [5.74, 6) is 0.700. The molecule has 1 fully saturated rings. The lowest BCUT2D eigenvalue weighted by atomic mass is 10.3. The molecule has 0 saturated carbocycles. The van der Waals surface area contributed by atoms with E-state index < -0.39 is 0 Å². The van der Waals surface area contributed by atoms with Gasteiger partial charge in [0.05, 0.1) is 6.54 Å². The van der Waals surface area contributed by atoms with Crippen LogP contribution in [0, 0.1) is 6.92 Å². The molecule has 1 saturated heterocycles. The third kappa shape index (κ3) is 1.13. The molecule has 0 aromatic carbocycles. The second-order valence-electron chi connectivity index (χ2n) is 2.73. The molecule has 5 nitrogen and oxygen atoms in total. The first-order chi connectivity index (χ1) is 5.75. The van der Waals surface area contributed by atoms with Crippen molar-refractivity contribution in [3.63, 3.8) is 0 Å². The van der Waals surface area contributed by atoms with Crippen LogP contribution < -0.4 is 5.32 Å². The van der Waals surface area contributed by atoms with Crippen LogP contribution in [0.1, 0.15) is 17.6 Å². The molecule has 1 amide bonds. The molecule has 2 rings (SSSR count). The van der Waals surface area contributed by atoms with Gasteiger partial charge in [-0.1, -0.05) is 0 Å². The molecule has 5 heteroatoms. The lowest BCUT2D eigenvalue weighted by Gasteiger charge is -2.01. The standard InChI is InChI=1S/C7H9N3O2/c1-4-2-8-6(10-4)5-3-9-7(11)12-5/h2,5H,3H2,1H3,(H,8,10)(H,9,11). The number of ether oxygens (including phenoxy) is 1. The normalized spacial score (nSPS) is 22.1. The van der Waals surface area contributed by atoms with E-state index in [0.29, 0.717) is 12.4 Å². The van der Waals surface area contributed by atoms with Crippen LogP contribution in [0.3, 0.4) is 0 Å². The fourth-order valence-corrected chi connectivity index (χ4v) is 1.14. The predicted molar refractivity (Wildman–Crippen MR) is 40.5 cm³/mol. The fraction of sp³-hybridized carbons (Fsp3) is 0.429. The Hall–Kier alpha value is -1.52. The van der Waals surface area contributed by atoms with Gasteiger partial charge >= 0.3 is 6.09 Å². The summed E-state index contributed by atoms with van der Waals surface area (Å²) < 4.78 is 4.92. The van der Waals surface area contributed by atoms with E-state index in [1.807, 2.05) is 6.92 Å². The largest absolute Gasteiger partial charge is 0.436 e. The maximum absolute atomic E-state index is 10.7. The van der Waals surface area contributed by atoms with Crippen molar-refractivity contribution in [2.75, 3.05) is 6.54 Å². The first-order valence-corrected chi connectivity index (χ1v) is 3.71. The number of aryl methyl sites for hydroxylation is 1. The number of alkyl carbamates (subject to hydrolysis) is 1. The number of cyclic esters (lactones) is 1. The Kier molecular flexibility index (Phi) is 1.49. The van der Waals surface area contributed by atoms with E-state index in [9.17, 15) is 4.79 Å². The van der Waals surface area contributed by atoms with Crippen molar-refractivity contribution >= 4 is 6.09 Å². The van der Waals surface area contributed by atoms with Gasteiger partial charge in [-0.3, -0.25) is 0 Å². The molecule has 64 valence electrons. The monoisotopic (exact) mass is 167 g/mol. The van der Waals surface area contributed by atoms with Crippen LogP contribution in [0.25, 0.3) is 0 Å². The topological polar surface area (TPSA) is 67.0 Å². The maximum Gasteiger partial charge on any atom is 0.408 e. The Balaban J connectivity index is 2.15. The highest BCUT2D eigenvalue weighted by Gasteiger charge is 2.26. The number of hydrogen-bond acceptors (Lipinski definition) is 3. The smallest absolute Gasteiger partial charge is 0.408 e. The van der Waals surface area contributed by atoms with Gasteiger partial charge in [0.25, 0.3) is 0 Å². The fourth-order valence-electron chi connectivity index (χ4n) is 1.14. The van der Waals surface area contributed by atoms with E-state index in [0.717, 1.165) is 5.69 Å². The summed E-state index contributed by atoms with van der Waals surface area (Å²) in [4.78, 5) is 17.7. The summed E-state index contributed by atoms with van der Waals surface area (Å²) in [6.45, 7) is 2.40. The summed E-state index contributed by atoms with van der Waals surface area (Å²) in [5.41, 5.74) is 0.966. The minimum Gasteiger partial charge on any atom is -0.436 e. The van der Waals surface area contributed by atoms with Gasteiger partial charge in [-0.2, -0.15) is 0 Å². The summed E-state index contributed by atoms with van der Waals surface area (Å²) >= 11 is 0. The number of amides is 1. The Bertz CT molecular complexity index is 307. The van der Waals surface area contributed by atoms with Crippen LogP contribution in [-0.2, 0) is 4.74 Å². The van der Waals surface area contributed by atoms with E-state index in [1.165, 1.54) is 0 Å². The van der Waals surface area contributed by atoms with Crippen LogP contribution in [0.2, 0.25) is 0 Å². The summed E-state index contributed by atoms with van der Waals surface area (Å²) in [6.07, 6.45) is 1.07. The average molecular weight is 167 g/mol. The number of aromatic nitrogens is 2. The Labute approximate surface area is 69.1 Å². The van der Waals surface area contributed by atoms with E-state index >= 15 is 0 Å². The summed E-state index contributed by atoms with van der Waals surface area (Å²) in [7, 11) is 0. The van der Waals surface area contributed by atoms with Crippen LogP contribution in [0.15, 0.2) is 6.20 Å². The molecule has 0 aliphatic carbocycles. The zero-order chi connectivity index (χ0) is 8.55. The molecule has 12 heavy (non-hydrogen) atoms. The highest BCUT2D eigenvalue weighted by Crippen LogP contribution is 2.16. The van der Waals surface area contributed by atoms with Crippen molar-refractivity contribution in [1.29, 1.82) is 0 Å². The minimum absolute atomic E-state index is 0.258. The summed E-state index contributed by atoms with van der Waals surface area (Å²) in [5, 5.41) is 2.56. The number of hydrogen-bond donors (Lipinski definition) is 2. The molecule has 1 atom stereocenters. The number of H-pyrrole nitrogens is 1. The van der Waals surface area contributed by atoms with E-state index in [4.69, 9.17) is 4.74 Å². The lowest BCUT2D eigenvalue weighted by molar-refractivity contribution is 0.137. The third-order valence-corrected chi connectivity index (χ3v) is 1.71. The Morgan fingerprint density at radius 1 is 1.75 bits per heavy atom. The number of nitrogens with one attached hydrogen (secondary N) is 2. The maximum atomic E-state index is 10.7. The summed E-state index contributed by atoms with van der Waals surface area (Å²) in [6, 6.07) is 0. The molecule has 2 N–H and O–H groups in total. The number of imidazole rings is 1.